The lowest BCUT2D eigenvalue weighted by atomic mass is 9.98. The molecule has 1 aliphatic rings. The second kappa shape index (κ2) is 6.93. The highest BCUT2D eigenvalue weighted by molar-refractivity contribution is 5.86. The minimum atomic E-state index is -0.402. The zero-order valence-corrected chi connectivity index (χ0v) is 14.5. The molecule has 1 saturated carbocycles. The molecule has 128 valence electrons. The van der Waals surface area contributed by atoms with Gasteiger partial charge in [0.25, 0.3) is 0 Å². The molecule has 1 N–H and O–H groups in total. The van der Waals surface area contributed by atoms with Crippen molar-refractivity contribution in [1.82, 2.24) is 10.3 Å². The zero-order valence-electron chi connectivity index (χ0n) is 14.5. The van der Waals surface area contributed by atoms with E-state index >= 15 is 0 Å². The highest BCUT2D eigenvalue weighted by Crippen LogP contribution is 2.35. The van der Waals surface area contributed by atoms with Gasteiger partial charge in [0.05, 0.1) is 0 Å². The predicted octanol–water partition coefficient (Wildman–Crippen LogP) is 5.36. The summed E-state index contributed by atoms with van der Waals surface area (Å²) >= 11 is 0. The molecule has 3 heteroatoms. The quantitative estimate of drug-likeness (QED) is 0.650. The first-order chi connectivity index (χ1) is 12.2. The van der Waals surface area contributed by atoms with Gasteiger partial charge in [-0.05, 0) is 60.1 Å². The van der Waals surface area contributed by atoms with E-state index in [4.69, 9.17) is 0 Å². The van der Waals surface area contributed by atoms with Crippen molar-refractivity contribution in [1.29, 1.82) is 0 Å². The van der Waals surface area contributed by atoms with Crippen molar-refractivity contribution in [2.45, 2.75) is 44.2 Å². The number of benzene rings is 2. The van der Waals surface area contributed by atoms with Gasteiger partial charge in [0.2, 0.25) is 5.95 Å². The fourth-order valence-electron chi connectivity index (χ4n) is 4.14. The molecular weight excluding hydrogens is 311 g/mol. The topological polar surface area (TPSA) is 24.9 Å². The van der Waals surface area contributed by atoms with Crippen molar-refractivity contribution in [2.24, 2.45) is 0 Å². The van der Waals surface area contributed by atoms with Crippen molar-refractivity contribution in [3.8, 4) is 0 Å². The first kappa shape index (κ1) is 16.2. The Balaban J connectivity index is 1.46. The largest absolute Gasteiger partial charge is 0.307 e. The molecule has 1 fully saturated rings. The van der Waals surface area contributed by atoms with Gasteiger partial charge in [-0.1, -0.05) is 48.5 Å². The van der Waals surface area contributed by atoms with Crippen LogP contribution in [0.5, 0.6) is 0 Å². The first-order valence-corrected chi connectivity index (χ1v) is 9.06. The van der Waals surface area contributed by atoms with Crippen LogP contribution in [0.4, 0.5) is 4.39 Å². The summed E-state index contributed by atoms with van der Waals surface area (Å²) in [6, 6.07) is 19.2. The second-order valence-electron chi connectivity index (χ2n) is 7.08. The number of aromatic nitrogens is 1. The molecule has 1 heterocycles. The summed E-state index contributed by atoms with van der Waals surface area (Å²) in [5.41, 5.74) is 2.51. The summed E-state index contributed by atoms with van der Waals surface area (Å²) in [5.74, 6) is 0.0753. The molecule has 0 aliphatic heterocycles. The third-order valence-electron chi connectivity index (χ3n) is 5.43. The Hall–Kier alpha value is -2.26. The van der Waals surface area contributed by atoms with E-state index in [0.717, 1.165) is 24.8 Å². The van der Waals surface area contributed by atoms with Gasteiger partial charge in [-0.3, -0.25) is 0 Å². The molecule has 0 bridgehead atoms. The summed E-state index contributed by atoms with van der Waals surface area (Å²) in [6.07, 6.45) is 5.06. The number of pyridine rings is 1. The molecule has 2 aromatic carbocycles. The van der Waals surface area contributed by atoms with Gasteiger partial charge in [0.1, 0.15) is 0 Å². The number of fused-ring (bicyclic) bond motifs is 1. The summed E-state index contributed by atoms with van der Waals surface area (Å²) in [7, 11) is 0. The van der Waals surface area contributed by atoms with E-state index in [0.29, 0.717) is 18.0 Å². The van der Waals surface area contributed by atoms with E-state index in [2.05, 4.69) is 59.7 Å². The molecule has 0 amide bonds. The minimum Gasteiger partial charge on any atom is -0.307 e. The van der Waals surface area contributed by atoms with Crippen LogP contribution in [-0.4, -0.2) is 11.0 Å². The smallest absolute Gasteiger partial charge is 0.212 e. The average Bonchev–Trinajstić information content (AvgIpc) is 3.10. The predicted molar refractivity (Wildman–Crippen MR) is 100 cm³/mol. The fourth-order valence-corrected chi connectivity index (χ4v) is 4.14. The molecule has 0 unspecified atom stereocenters. The maximum Gasteiger partial charge on any atom is 0.212 e. The molecule has 1 aliphatic carbocycles. The highest BCUT2D eigenvalue weighted by Gasteiger charge is 2.27. The van der Waals surface area contributed by atoms with Gasteiger partial charge < -0.3 is 5.32 Å². The molecule has 0 radical (unpaired) electrons. The summed E-state index contributed by atoms with van der Waals surface area (Å²) < 4.78 is 13.0. The lowest BCUT2D eigenvalue weighted by Gasteiger charge is -2.21. The molecule has 1 aromatic heterocycles. The molecule has 0 spiro atoms. The van der Waals surface area contributed by atoms with E-state index in [1.165, 1.54) is 22.4 Å². The summed E-state index contributed by atoms with van der Waals surface area (Å²) in [6.45, 7) is 2.24. The highest BCUT2D eigenvalue weighted by atomic mass is 19.1. The van der Waals surface area contributed by atoms with Crippen LogP contribution in [-0.2, 0) is 0 Å². The Kier molecular flexibility index (Phi) is 4.50. The van der Waals surface area contributed by atoms with Gasteiger partial charge >= 0.3 is 0 Å². The maximum atomic E-state index is 13.0. The molecule has 0 saturated heterocycles. The average molecular weight is 334 g/mol. The van der Waals surface area contributed by atoms with Crippen LogP contribution < -0.4 is 5.32 Å². The van der Waals surface area contributed by atoms with Crippen LogP contribution in [0.3, 0.4) is 0 Å². The zero-order chi connectivity index (χ0) is 17.2. The Bertz CT molecular complexity index is 854. The lowest BCUT2D eigenvalue weighted by molar-refractivity contribution is 0.458. The number of nitrogens with zero attached hydrogens (tertiary/aromatic N) is 1. The van der Waals surface area contributed by atoms with Gasteiger partial charge in [-0.2, -0.15) is 4.39 Å². The molecule has 4 rings (SSSR count). The minimum absolute atomic E-state index is 0.307. The maximum absolute atomic E-state index is 13.0. The number of rotatable bonds is 4. The molecule has 3 aromatic rings. The monoisotopic (exact) mass is 334 g/mol. The fraction of sp³-hybridized carbons (Fsp3) is 0.318. The second-order valence-corrected chi connectivity index (χ2v) is 7.08. The number of nitrogens with one attached hydrogen (secondary N) is 1. The third kappa shape index (κ3) is 3.42. The lowest BCUT2D eigenvalue weighted by Crippen LogP contribution is -2.29. The van der Waals surface area contributed by atoms with Gasteiger partial charge in [-0.25, -0.2) is 4.98 Å². The molecular formula is C22H23FN2. The molecule has 2 nitrogen and oxygen atoms in total. The van der Waals surface area contributed by atoms with Crippen molar-refractivity contribution in [3.63, 3.8) is 0 Å². The number of halogens is 1. The van der Waals surface area contributed by atoms with Crippen LogP contribution in [0.2, 0.25) is 0 Å². The van der Waals surface area contributed by atoms with Crippen LogP contribution in [0.25, 0.3) is 10.8 Å². The van der Waals surface area contributed by atoms with Crippen molar-refractivity contribution in [2.75, 3.05) is 0 Å². The standard InChI is InChI=1S/C22H23FN2/c1-15(20-8-4-6-16-5-2-3-7-21(16)20)25-19-11-9-17(13-19)18-10-12-22(23)24-14-18/h2-8,10,12,14-15,17,19,25H,9,11,13H2,1H3/t15-,17-,19+/m1/s1. The summed E-state index contributed by atoms with van der Waals surface area (Å²) in [5, 5.41) is 6.41. The van der Waals surface area contributed by atoms with E-state index in [-0.39, 0.29) is 0 Å². The van der Waals surface area contributed by atoms with Crippen molar-refractivity contribution >= 4 is 10.8 Å². The van der Waals surface area contributed by atoms with Gasteiger partial charge in [-0.15, -0.1) is 0 Å². The van der Waals surface area contributed by atoms with Crippen LogP contribution >= 0.6 is 0 Å². The van der Waals surface area contributed by atoms with Gasteiger partial charge in [0, 0.05) is 18.3 Å². The Morgan fingerprint density at radius 2 is 1.88 bits per heavy atom. The Morgan fingerprint density at radius 1 is 1.04 bits per heavy atom. The van der Waals surface area contributed by atoms with E-state index in [1.807, 2.05) is 6.07 Å². The van der Waals surface area contributed by atoms with E-state index < -0.39 is 5.95 Å². The van der Waals surface area contributed by atoms with Gasteiger partial charge in [0.15, 0.2) is 0 Å². The number of hydrogen-bond acceptors (Lipinski definition) is 2. The Morgan fingerprint density at radius 3 is 2.72 bits per heavy atom. The van der Waals surface area contributed by atoms with Crippen LogP contribution in [0.1, 0.15) is 49.3 Å². The van der Waals surface area contributed by atoms with Crippen molar-refractivity contribution in [3.05, 3.63) is 77.9 Å². The molecule has 3 atom stereocenters. The molecule has 25 heavy (non-hydrogen) atoms. The normalized spacial score (nSPS) is 21.5. The summed E-state index contributed by atoms with van der Waals surface area (Å²) in [4.78, 5) is 3.80. The third-order valence-corrected chi connectivity index (χ3v) is 5.43. The van der Waals surface area contributed by atoms with Crippen molar-refractivity contribution < 1.29 is 4.39 Å². The van der Waals surface area contributed by atoms with Crippen LogP contribution in [0.15, 0.2) is 60.8 Å². The van der Waals surface area contributed by atoms with Crippen LogP contribution in [0, 0.1) is 5.95 Å². The Labute approximate surface area is 148 Å². The SMILES string of the molecule is C[C@@H](N[C@H]1CC[C@@H](c2ccc(F)nc2)C1)c1cccc2ccccc12. The first-order valence-electron chi connectivity index (χ1n) is 9.06. The van der Waals surface area contributed by atoms with E-state index in [1.54, 1.807) is 6.20 Å². The van der Waals surface area contributed by atoms with E-state index in [9.17, 15) is 4.39 Å². The number of hydrogen-bond donors (Lipinski definition) is 1.